The van der Waals surface area contributed by atoms with Crippen LogP contribution in [-0.2, 0) is 11.3 Å². The molecule has 1 heterocycles. The Kier molecular flexibility index (Phi) is 6.17. The quantitative estimate of drug-likeness (QED) is 0.308. The van der Waals surface area contributed by atoms with Crippen molar-refractivity contribution in [1.82, 2.24) is 0 Å². The minimum atomic E-state index is -0.279. The minimum Gasteiger partial charge on any atom is -0.489 e. The number of carbonyl (C=O) groups excluding carboxylic acids is 1. The van der Waals surface area contributed by atoms with E-state index in [1.165, 1.54) is 11.3 Å². The van der Waals surface area contributed by atoms with Gasteiger partial charge in [-0.2, -0.15) is 0 Å². The molecule has 5 heteroatoms. The molecule has 0 aliphatic heterocycles. The fourth-order valence-corrected chi connectivity index (χ4v) is 5.25. The molecule has 3 nitrogen and oxygen atoms in total. The predicted octanol–water partition coefficient (Wildman–Crippen LogP) is 6.81. The summed E-state index contributed by atoms with van der Waals surface area (Å²) in [6.07, 6.45) is 0. The van der Waals surface area contributed by atoms with E-state index in [1.54, 1.807) is 11.8 Å². The number of rotatable bonds is 7. The molecule has 0 N–H and O–H groups in total. The second-order valence-corrected chi connectivity index (χ2v) is 8.46. The van der Waals surface area contributed by atoms with Gasteiger partial charge in [0.05, 0.1) is 6.61 Å². The second-order valence-electron chi connectivity index (χ2n) is 6.33. The molecule has 4 aromatic rings. The summed E-state index contributed by atoms with van der Waals surface area (Å²) in [6, 6.07) is 26.1. The lowest BCUT2D eigenvalue weighted by molar-refractivity contribution is 0.0528. The van der Waals surface area contributed by atoms with Crippen LogP contribution in [0.4, 0.5) is 0 Å². The summed E-state index contributed by atoms with van der Waals surface area (Å²) >= 11 is 3.04. The Bertz CT molecular complexity index is 1110. The molecule has 1 aromatic heterocycles. The summed E-state index contributed by atoms with van der Waals surface area (Å²) in [4.78, 5) is 15.2. The van der Waals surface area contributed by atoms with E-state index in [0.29, 0.717) is 18.1 Å². The fraction of sp³-hybridized carbons (Fsp3) is 0.125. The highest BCUT2D eigenvalue weighted by molar-refractivity contribution is 7.99. The first-order valence-electron chi connectivity index (χ1n) is 9.38. The van der Waals surface area contributed by atoms with Gasteiger partial charge in [0.2, 0.25) is 0 Å². The maximum absolute atomic E-state index is 12.6. The lowest BCUT2D eigenvalue weighted by Crippen LogP contribution is -2.03. The van der Waals surface area contributed by atoms with Gasteiger partial charge in [-0.1, -0.05) is 60.3 Å². The van der Waals surface area contributed by atoms with Crippen LogP contribution in [0.15, 0.2) is 88.7 Å². The Labute approximate surface area is 178 Å². The Hall–Kier alpha value is -2.76. The van der Waals surface area contributed by atoms with Crippen molar-refractivity contribution in [3.05, 3.63) is 89.3 Å². The third kappa shape index (κ3) is 4.63. The normalized spacial score (nSPS) is 10.8. The van der Waals surface area contributed by atoms with E-state index in [0.717, 1.165) is 31.2 Å². The van der Waals surface area contributed by atoms with Crippen LogP contribution >= 0.6 is 23.1 Å². The van der Waals surface area contributed by atoms with Gasteiger partial charge >= 0.3 is 5.97 Å². The zero-order chi connectivity index (χ0) is 20.1. The van der Waals surface area contributed by atoms with E-state index in [-0.39, 0.29) is 5.97 Å². The van der Waals surface area contributed by atoms with E-state index in [1.807, 2.05) is 85.8 Å². The number of hydrogen-bond donors (Lipinski definition) is 0. The Morgan fingerprint density at radius 3 is 2.41 bits per heavy atom. The van der Waals surface area contributed by atoms with Crippen molar-refractivity contribution in [2.24, 2.45) is 0 Å². The van der Waals surface area contributed by atoms with Gasteiger partial charge in [0.25, 0.3) is 0 Å². The maximum atomic E-state index is 12.6. The number of benzene rings is 3. The van der Waals surface area contributed by atoms with Crippen molar-refractivity contribution in [1.29, 1.82) is 0 Å². The van der Waals surface area contributed by atoms with Crippen LogP contribution in [0, 0.1) is 0 Å². The zero-order valence-corrected chi connectivity index (χ0v) is 17.6. The largest absolute Gasteiger partial charge is 0.489 e. The van der Waals surface area contributed by atoms with Crippen LogP contribution in [-0.4, -0.2) is 12.6 Å². The van der Waals surface area contributed by atoms with Gasteiger partial charge in [-0.15, -0.1) is 11.3 Å². The molecular weight excluding hydrogens is 400 g/mol. The summed E-state index contributed by atoms with van der Waals surface area (Å²) in [5, 5.41) is 1.04. The van der Waals surface area contributed by atoms with E-state index in [9.17, 15) is 4.79 Å². The van der Waals surface area contributed by atoms with E-state index >= 15 is 0 Å². The van der Waals surface area contributed by atoms with Crippen molar-refractivity contribution in [2.75, 3.05) is 6.61 Å². The summed E-state index contributed by atoms with van der Waals surface area (Å²) in [6.45, 7) is 2.69. The standard InChI is InChI=1S/C24H20O3S2/c1-2-26-24(25)23-22(28-19-11-7-4-8-12-19)20-14-13-18(15-21(20)29-23)27-16-17-9-5-3-6-10-17/h3-15H,2,16H2,1H3. The molecule has 4 rings (SSSR count). The molecule has 0 unspecified atom stereocenters. The molecule has 3 aromatic carbocycles. The van der Waals surface area contributed by atoms with E-state index in [4.69, 9.17) is 9.47 Å². The molecule has 0 radical (unpaired) electrons. The summed E-state index contributed by atoms with van der Waals surface area (Å²) < 4.78 is 12.3. The lowest BCUT2D eigenvalue weighted by atomic mass is 10.2. The van der Waals surface area contributed by atoms with Crippen LogP contribution in [0.1, 0.15) is 22.2 Å². The van der Waals surface area contributed by atoms with Crippen molar-refractivity contribution in [3.63, 3.8) is 0 Å². The lowest BCUT2D eigenvalue weighted by Gasteiger charge is -2.07. The van der Waals surface area contributed by atoms with Gasteiger partial charge in [-0.25, -0.2) is 4.79 Å². The first kappa shape index (κ1) is 19.6. The average molecular weight is 421 g/mol. The molecular formula is C24H20O3S2. The van der Waals surface area contributed by atoms with Gasteiger partial charge in [-0.05, 0) is 42.8 Å². The van der Waals surface area contributed by atoms with Gasteiger partial charge in [0.15, 0.2) is 0 Å². The predicted molar refractivity (Wildman–Crippen MR) is 119 cm³/mol. The SMILES string of the molecule is CCOC(=O)c1sc2cc(OCc3ccccc3)ccc2c1Sc1ccccc1. The van der Waals surface area contributed by atoms with Crippen LogP contribution < -0.4 is 4.74 Å². The summed E-state index contributed by atoms with van der Waals surface area (Å²) in [5.41, 5.74) is 1.12. The molecule has 146 valence electrons. The number of thiophene rings is 1. The maximum Gasteiger partial charge on any atom is 0.349 e. The number of fused-ring (bicyclic) bond motifs is 1. The Balaban J connectivity index is 1.66. The van der Waals surface area contributed by atoms with Gasteiger partial charge in [-0.3, -0.25) is 0 Å². The summed E-state index contributed by atoms with van der Waals surface area (Å²) in [7, 11) is 0. The highest BCUT2D eigenvalue weighted by Gasteiger charge is 2.21. The molecule has 0 atom stereocenters. The topological polar surface area (TPSA) is 35.5 Å². The molecule has 0 spiro atoms. The highest BCUT2D eigenvalue weighted by atomic mass is 32.2. The number of carbonyl (C=O) groups is 1. The van der Waals surface area contributed by atoms with Crippen molar-refractivity contribution < 1.29 is 14.3 Å². The third-order valence-corrected chi connectivity index (χ3v) is 6.69. The Morgan fingerprint density at radius 1 is 0.966 bits per heavy atom. The third-order valence-electron chi connectivity index (χ3n) is 4.29. The van der Waals surface area contributed by atoms with E-state index in [2.05, 4.69) is 0 Å². The van der Waals surface area contributed by atoms with Gasteiger partial charge in [0, 0.05) is 19.9 Å². The molecule has 0 saturated carbocycles. The molecule has 0 aliphatic rings. The second kappa shape index (κ2) is 9.16. The molecule has 0 bridgehead atoms. The average Bonchev–Trinajstić information content (AvgIpc) is 3.12. The van der Waals surface area contributed by atoms with Crippen LogP contribution in [0.5, 0.6) is 5.75 Å². The first-order chi connectivity index (χ1) is 14.2. The number of hydrogen-bond acceptors (Lipinski definition) is 5. The first-order valence-corrected chi connectivity index (χ1v) is 11.0. The highest BCUT2D eigenvalue weighted by Crippen LogP contribution is 2.43. The zero-order valence-electron chi connectivity index (χ0n) is 16.0. The van der Waals surface area contributed by atoms with Crippen molar-refractivity contribution in [2.45, 2.75) is 23.3 Å². The van der Waals surface area contributed by atoms with Crippen LogP contribution in [0.25, 0.3) is 10.1 Å². The van der Waals surface area contributed by atoms with Crippen molar-refractivity contribution in [3.8, 4) is 5.75 Å². The van der Waals surface area contributed by atoms with E-state index < -0.39 is 0 Å². The van der Waals surface area contributed by atoms with Gasteiger partial charge < -0.3 is 9.47 Å². The molecule has 0 fully saturated rings. The smallest absolute Gasteiger partial charge is 0.349 e. The van der Waals surface area contributed by atoms with Crippen LogP contribution in [0.3, 0.4) is 0 Å². The molecule has 0 amide bonds. The summed E-state index contributed by atoms with van der Waals surface area (Å²) in [5.74, 6) is 0.508. The monoisotopic (exact) mass is 420 g/mol. The minimum absolute atomic E-state index is 0.279. The van der Waals surface area contributed by atoms with Gasteiger partial charge in [0.1, 0.15) is 17.2 Å². The van der Waals surface area contributed by atoms with Crippen LogP contribution in [0.2, 0.25) is 0 Å². The number of ether oxygens (including phenoxy) is 2. The molecule has 0 aliphatic carbocycles. The van der Waals surface area contributed by atoms with Crippen molar-refractivity contribution >= 4 is 39.2 Å². The fourth-order valence-electron chi connectivity index (χ4n) is 2.92. The molecule has 29 heavy (non-hydrogen) atoms. The number of esters is 1. The Morgan fingerprint density at radius 2 is 1.69 bits per heavy atom. The molecule has 0 saturated heterocycles.